The van der Waals surface area contributed by atoms with E-state index >= 15 is 0 Å². The third-order valence-corrected chi connectivity index (χ3v) is 4.95. The van der Waals surface area contributed by atoms with Crippen LogP contribution in [0.25, 0.3) is 11.1 Å². The average molecular weight is 433 g/mol. The highest BCUT2D eigenvalue weighted by atomic mass is 16.5. The fourth-order valence-electron chi connectivity index (χ4n) is 3.35. The summed E-state index contributed by atoms with van der Waals surface area (Å²) < 4.78 is 5.82. The van der Waals surface area contributed by atoms with E-state index in [9.17, 15) is 15.0 Å². The first-order valence-corrected chi connectivity index (χ1v) is 10.4. The van der Waals surface area contributed by atoms with Crippen LogP contribution in [0.15, 0.2) is 78.9 Å². The van der Waals surface area contributed by atoms with Gasteiger partial charge in [0.25, 0.3) is 0 Å². The summed E-state index contributed by atoms with van der Waals surface area (Å²) in [7, 11) is 3.99. The Morgan fingerprint density at radius 2 is 1.47 bits per heavy atom. The molecule has 0 saturated heterocycles. The summed E-state index contributed by atoms with van der Waals surface area (Å²) in [6.45, 7) is 1.54. The SMILES string of the molecule is CN(C)CCOc1ccc(/C(=C(/CNC(=O)O)c2ccccc2)c2ccc(O)cc2)cc1. The van der Waals surface area contributed by atoms with Crippen LogP contribution in [0.2, 0.25) is 0 Å². The van der Waals surface area contributed by atoms with E-state index in [-0.39, 0.29) is 12.3 Å². The number of likely N-dealkylation sites (N-methyl/N-ethyl adjacent to an activating group) is 1. The summed E-state index contributed by atoms with van der Waals surface area (Å²) in [6.07, 6.45) is -1.09. The fraction of sp³-hybridized carbons (Fsp3) is 0.192. The summed E-state index contributed by atoms with van der Waals surface area (Å²) in [6, 6.07) is 24.4. The van der Waals surface area contributed by atoms with Crippen molar-refractivity contribution in [3.63, 3.8) is 0 Å². The predicted octanol–water partition coefficient (Wildman–Crippen LogP) is 4.56. The minimum atomic E-state index is -1.09. The van der Waals surface area contributed by atoms with Crippen LogP contribution in [-0.2, 0) is 0 Å². The van der Waals surface area contributed by atoms with Crippen molar-refractivity contribution in [2.24, 2.45) is 0 Å². The molecule has 0 atom stereocenters. The summed E-state index contributed by atoms with van der Waals surface area (Å²) in [5.41, 5.74) is 4.41. The Labute approximate surface area is 188 Å². The molecule has 0 fully saturated rings. The number of nitrogens with one attached hydrogen (secondary N) is 1. The number of phenols is 1. The van der Waals surface area contributed by atoms with Crippen molar-refractivity contribution in [1.29, 1.82) is 0 Å². The number of hydrogen-bond acceptors (Lipinski definition) is 4. The van der Waals surface area contributed by atoms with Gasteiger partial charge in [0.05, 0.1) is 0 Å². The standard InChI is InChI=1S/C26H28N2O4/c1-28(2)16-17-32-23-14-10-21(11-15-23)25(20-8-12-22(29)13-9-20)24(18-27-26(30)31)19-6-4-3-5-7-19/h3-15,27,29H,16-18H2,1-2H3,(H,30,31)/b25-24-. The third-order valence-electron chi connectivity index (χ3n) is 4.95. The van der Waals surface area contributed by atoms with E-state index in [2.05, 4.69) is 10.2 Å². The molecule has 3 aromatic rings. The van der Waals surface area contributed by atoms with Crippen molar-refractivity contribution >= 4 is 17.2 Å². The largest absolute Gasteiger partial charge is 0.508 e. The van der Waals surface area contributed by atoms with Gasteiger partial charge in [-0.3, -0.25) is 0 Å². The molecule has 6 heteroatoms. The second-order valence-electron chi connectivity index (χ2n) is 7.60. The van der Waals surface area contributed by atoms with Gasteiger partial charge in [-0.05, 0) is 66.2 Å². The Morgan fingerprint density at radius 1 is 0.875 bits per heavy atom. The number of rotatable bonds is 9. The number of nitrogens with zero attached hydrogens (tertiary/aromatic N) is 1. The molecule has 3 aromatic carbocycles. The minimum absolute atomic E-state index is 0.136. The number of benzene rings is 3. The molecule has 0 aliphatic heterocycles. The van der Waals surface area contributed by atoms with E-state index < -0.39 is 6.09 Å². The van der Waals surface area contributed by atoms with Gasteiger partial charge in [-0.25, -0.2) is 4.79 Å². The highest BCUT2D eigenvalue weighted by Gasteiger charge is 2.15. The molecule has 3 N–H and O–H groups in total. The van der Waals surface area contributed by atoms with Crippen LogP contribution in [0.3, 0.4) is 0 Å². The first-order valence-electron chi connectivity index (χ1n) is 10.4. The number of carbonyl (C=O) groups is 1. The van der Waals surface area contributed by atoms with Crippen LogP contribution in [-0.4, -0.2) is 55.0 Å². The number of amides is 1. The van der Waals surface area contributed by atoms with Gasteiger partial charge in [-0.15, -0.1) is 0 Å². The van der Waals surface area contributed by atoms with Gasteiger partial charge in [0, 0.05) is 13.1 Å². The molecule has 0 radical (unpaired) electrons. The van der Waals surface area contributed by atoms with E-state index in [1.165, 1.54) is 0 Å². The van der Waals surface area contributed by atoms with Crippen LogP contribution in [0.1, 0.15) is 16.7 Å². The predicted molar refractivity (Wildman–Crippen MR) is 127 cm³/mol. The molecule has 0 aromatic heterocycles. The molecule has 6 nitrogen and oxygen atoms in total. The van der Waals surface area contributed by atoms with Gasteiger partial charge in [-0.2, -0.15) is 0 Å². The maximum absolute atomic E-state index is 11.3. The van der Waals surface area contributed by atoms with E-state index in [4.69, 9.17) is 4.74 Å². The molecular formula is C26H28N2O4. The number of hydrogen-bond donors (Lipinski definition) is 3. The maximum Gasteiger partial charge on any atom is 0.404 e. The quantitative estimate of drug-likeness (QED) is 0.432. The van der Waals surface area contributed by atoms with E-state index in [1.807, 2.05) is 80.8 Å². The first kappa shape index (κ1) is 22.9. The molecule has 1 amide bonds. The Morgan fingerprint density at radius 3 is 2.03 bits per heavy atom. The second kappa shape index (κ2) is 11.0. The minimum Gasteiger partial charge on any atom is -0.508 e. The van der Waals surface area contributed by atoms with Crippen LogP contribution in [0.4, 0.5) is 4.79 Å². The van der Waals surface area contributed by atoms with Crippen LogP contribution < -0.4 is 10.1 Å². The summed E-state index contributed by atoms with van der Waals surface area (Å²) in [5, 5.41) is 21.5. The molecule has 166 valence electrons. The van der Waals surface area contributed by atoms with Gasteiger partial charge in [0.2, 0.25) is 0 Å². The molecule has 32 heavy (non-hydrogen) atoms. The third kappa shape index (κ3) is 6.36. The average Bonchev–Trinajstić information content (AvgIpc) is 2.78. The second-order valence-corrected chi connectivity index (χ2v) is 7.60. The smallest absolute Gasteiger partial charge is 0.404 e. The number of ether oxygens (including phenoxy) is 1. The maximum atomic E-state index is 11.3. The molecule has 3 rings (SSSR count). The highest BCUT2D eigenvalue weighted by Crippen LogP contribution is 2.33. The lowest BCUT2D eigenvalue weighted by atomic mass is 9.89. The Balaban J connectivity index is 2.07. The van der Waals surface area contributed by atoms with Gasteiger partial charge >= 0.3 is 6.09 Å². The van der Waals surface area contributed by atoms with Crippen molar-refractivity contribution in [2.75, 3.05) is 33.8 Å². The lowest BCUT2D eigenvalue weighted by Gasteiger charge is -2.18. The van der Waals surface area contributed by atoms with Gasteiger partial charge in [0.1, 0.15) is 18.1 Å². The molecule has 0 bridgehead atoms. The lowest BCUT2D eigenvalue weighted by molar-refractivity contribution is 0.196. The Hall–Kier alpha value is -3.77. The fourth-order valence-corrected chi connectivity index (χ4v) is 3.35. The monoisotopic (exact) mass is 432 g/mol. The first-order chi connectivity index (χ1) is 15.4. The van der Waals surface area contributed by atoms with Gasteiger partial charge < -0.3 is 25.2 Å². The highest BCUT2D eigenvalue weighted by molar-refractivity contribution is 5.99. The molecule has 0 unspecified atom stereocenters. The zero-order valence-electron chi connectivity index (χ0n) is 18.3. The van der Waals surface area contributed by atoms with E-state index in [0.717, 1.165) is 40.1 Å². The zero-order chi connectivity index (χ0) is 22.9. The topological polar surface area (TPSA) is 82.0 Å². The Kier molecular flexibility index (Phi) is 7.89. The van der Waals surface area contributed by atoms with E-state index in [1.54, 1.807) is 12.1 Å². The lowest BCUT2D eigenvalue weighted by Crippen LogP contribution is -2.23. The zero-order valence-corrected chi connectivity index (χ0v) is 18.3. The number of phenolic OH excluding ortho intramolecular Hbond substituents is 1. The summed E-state index contributed by atoms with van der Waals surface area (Å²) >= 11 is 0. The molecular weight excluding hydrogens is 404 g/mol. The van der Waals surface area contributed by atoms with Crippen molar-refractivity contribution in [3.05, 3.63) is 95.6 Å². The molecule has 0 aliphatic rings. The van der Waals surface area contributed by atoms with Crippen molar-refractivity contribution in [1.82, 2.24) is 10.2 Å². The van der Waals surface area contributed by atoms with Gasteiger partial charge in [-0.1, -0.05) is 54.6 Å². The van der Waals surface area contributed by atoms with Crippen molar-refractivity contribution < 1.29 is 19.7 Å². The van der Waals surface area contributed by atoms with Gasteiger partial charge in [0.15, 0.2) is 0 Å². The van der Waals surface area contributed by atoms with Crippen molar-refractivity contribution in [3.8, 4) is 11.5 Å². The normalized spacial score (nSPS) is 11.7. The van der Waals surface area contributed by atoms with Crippen molar-refractivity contribution in [2.45, 2.75) is 0 Å². The summed E-state index contributed by atoms with van der Waals surface area (Å²) in [4.78, 5) is 13.3. The van der Waals surface area contributed by atoms with Crippen LogP contribution in [0.5, 0.6) is 11.5 Å². The molecule has 0 heterocycles. The van der Waals surface area contributed by atoms with Crippen LogP contribution in [0, 0.1) is 0 Å². The Bertz CT molecular complexity index is 1040. The van der Waals surface area contributed by atoms with E-state index in [0.29, 0.717) is 6.61 Å². The summed E-state index contributed by atoms with van der Waals surface area (Å²) in [5.74, 6) is 0.938. The molecule has 0 saturated carbocycles. The number of aromatic hydroxyl groups is 1. The molecule has 0 spiro atoms. The van der Waals surface area contributed by atoms with Crippen LogP contribution >= 0.6 is 0 Å². The molecule has 0 aliphatic carbocycles. The number of carboxylic acid groups (broad SMARTS) is 1.